The molecule has 0 unspecified atom stereocenters. The van der Waals surface area contributed by atoms with Gasteiger partial charge >= 0.3 is 5.97 Å². The maximum Gasteiger partial charge on any atom is 0.307 e. The summed E-state index contributed by atoms with van der Waals surface area (Å²) in [6.45, 7) is 3.95. The molecule has 0 atom stereocenters. The van der Waals surface area contributed by atoms with Crippen LogP contribution in [0.1, 0.15) is 24.6 Å². The van der Waals surface area contributed by atoms with Gasteiger partial charge in [-0.15, -0.1) is 11.3 Å². The first-order valence-corrected chi connectivity index (χ1v) is 8.98. The lowest BCUT2D eigenvalue weighted by Crippen LogP contribution is -2.35. The van der Waals surface area contributed by atoms with E-state index in [1.807, 2.05) is 28.3 Å². The van der Waals surface area contributed by atoms with Gasteiger partial charge < -0.3 is 14.2 Å². The molecule has 0 N–H and O–H groups in total. The Morgan fingerprint density at radius 3 is 2.92 bits per heavy atom. The Hall–Kier alpha value is -2.15. The molecule has 0 bridgehead atoms. The largest absolute Gasteiger partial charge is 0.466 e. The second kappa shape index (κ2) is 9.87. The quantitative estimate of drug-likeness (QED) is 0.618. The average Bonchev–Trinajstić information content (AvgIpc) is 3.24. The number of carbonyl (C=O) groups is 2. The summed E-state index contributed by atoms with van der Waals surface area (Å²) < 4.78 is 6.93. The summed E-state index contributed by atoms with van der Waals surface area (Å²) in [5.74, 6) is -0.214. The van der Waals surface area contributed by atoms with Gasteiger partial charge in [0.15, 0.2) is 0 Å². The van der Waals surface area contributed by atoms with Crippen LogP contribution in [0.5, 0.6) is 0 Å². The van der Waals surface area contributed by atoms with E-state index >= 15 is 0 Å². The van der Waals surface area contributed by atoms with Gasteiger partial charge in [-0.2, -0.15) is 0 Å². The van der Waals surface area contributed by atoms with E-state index in [1.54, 1.807) is 35.7 Å². The fourth-order valence-corrected chi connectivity index (χ4v) is 3.05. The molecule has 0 fully saturated rings. The lowest BCUT2D eigenvalue weighted by atomic mass is 10.2. The van der Waals surface area contributed by atoms with E-state index in [-0.39, 0.29) is 18.3 Å². The van der Waals surface area contributed by atoms with Crippen molar-refractivity contribution in [2.24, 2.45) is 0 Å². The van der Waals surface area contributed by atoms with Gasteiger partial charge in [-0.05, 0) is 24.8 Å². The zero-order valence-electron chi connectivity index (χ0n) is 13.9. The van der Waals surface area contributed by atoms with Gasteiger partial charge in [0.2, 0.25) is 5.91 Å². The van der Waals surface area contributed by atoms with Gasteiger partial charge in [-0.1, -0.05) is 6.07 Å². The molecule has 130 valence electrons. The third-order valence-electron chi connectivity index (χ3n) is 3.55. The highest BCUT2D eigenvalue weighted by Crippen LogP contribution is 2.11. The minimum Gasteiger partial charge on any atom is -0.466 e. The molecule has 2 rings (SSSR count). The first kappa shape index (κ1) is 18.2. The first-order chi connectivity index (χ1) is 11.7. The van der Waals surface area contributed by atoms with Crippen molar-refractivity contribution in [1.29, 1.82) is 0 Å². The minimum atomic E-state index is -0.263. The van der Waals surface area contributed by atoms with Crippen LogP contribution in [0, 0.1) is 0 Å². The van der Waals surface area contributed by atoms with Crippen molar-refractivity contribution in [3.05, 3.63) is 41.1 Å². The molecule has 0 spiro atoms. The fourth-order valence-electron chi connectivity index (χ4n) is 2.36. The van der Waals surface area contributed by atoms with Crippen molar-refractivity contribution < 1.29 is 14.3 Å². The zero-order valence-corrected chi connectivity index (χ0v) is 14.7. The van der Waals surface area contributed by atoms with Crippen molar-refractivity contribution >= 4 is 23.2 Å². The van der Waals surface area contributed by atoms with E-state index in [9.17, 15) is 9.59 Å². The molecule has 0 saturated heterocycles. The summed E-state index contributed by atoms with van der Waals surface area (Å²) in [6, 6.07) is 3.90. The number of rotatable bonds is 10. The lowest BCUT2D eigenvalue weighted by molar-refractivity contribution is -0.144. The van der Waals surface area contributed by atoms with E-state index in [4.69, 9.17) is 4.74 Å². The molecule has 7 heteroatoms. The molecular weight excluding hydrogens is 326 g/mol. The number of thiophene rings is 1. The monoisotopic (exact) mass is 349 g/mol. The summed E-state index contributed by atoms with van der Waals surface area (Å²) in [5, 5.41) is 1.96. The normalized spacial score (nSPS) is 10.5. The Bertz CT molecular complexity index is 611. The van der Waals surface area contributed by atoms with Crippen molar-refractivity contribution in [2.75, 3.05) is 19.7 Å². The van der Waals surface area contributed by atoms with Crippen LogP contribution in [0.4, 0.5) is 0 Å². The van der Waals surface area contributed by atoms with Crippen LogP contribution in [0.25, 0.3) is 0 Å². The highest BCUT2D eigenvalue weighted by atomic mass is 32.1. The molecule has 6 nitrogen and oxygen atoms in total. The first-order valence-electron chi connectivity index (χ1n) is 8.10. The summed E-state index contributed by atoms with van der Waals surface area (Å²) in [7, 11) is 0. The number of aromatic nitrogens is 2. The van der Waals surface area contributed by atoms with E-state index in [1.165, 1.54) is 0 Å². The van der Waals surface area contributed by atoms with Crippen LogP contribution in [0.15, 0.2) is 36.2 Å². The van der Waals surface area contributed by atoms with Gasteiger partial charge in [0.05, 0.1) is 25.8 Å². The van der Waals surface area contributed by atoms with Gasteiger partial charge in [0, 0.05) is 36.9 Å². The Morgan fingerprint density at radius 1 is 1.38 bits per heavy atom. The number of ether oxygens (including phenoxy) is 1. The van der Waals surface area contributed by atoms with Crippen LogP contribution >= 0.6 is 11.3 Å². The van der Waals surface area contributed by atoms with Crippen molar-refractivity contribution in [3.63, 3.8) is 0 Å². The van der Waals surface area contributed by atoms with Crippen LogP contribution in [0.2, 0.25) is 0 Å². The standard InChI is InChI=1S/C17H23N3O3S/c1-2-23-17(22)6-10-20(9-4-8-19-11-7-18-14-19)16(21)13-15-5-3-12-24-15/h3,5,7,11-12,14H,2,4,6,8-10,13H2,1H3. The van der Waals surface area contributed by atoms with Gasteiger partial charge in [-0.25, -0.2) is 4.98 Å². The molecule has 2 aromatic rings. The van der Waals surface area contributed by atoms with E-state index in [2.05, 4.69) is 4.98 Å². The highest BCUT2D eigenvalue weighted by Gasteiger charge is 2.16. The number of nitrogens with zero attached hydrogens (tertiary/aromatic N) is 3. The second-order valence-electron chi connectivity index (χ2n) is 5.35. The highest BCUT2D eigenvalue weighted by molar-refractivity contribution is 7.10. The molecule has 2 aromatic heterocycles. The molecule has 0 aromatic carbocycles. The van der Waals surface area contributed by atoms with Crippen molar-refractivity contribution in [2.45, 2.75) is 32.7 Å². The molecule has 24 heavy (non-hydrogen) atoms. The maximum absolute atomic E-state index is 12.5. The number of aryl methyl sites for hydroxylation is 1. The number of hydrogen-bond acceptors (Lipinski definition) is 5. The zero-order chi connectivity index (χ0) is 17.2. The van der Waals surface area contributed by atoms with Crippen molar-refractivity contribution in [3.8, 4) is 0 Å². The number of esters is 1. The average molecular weight is 349 g/mol. The van der Waals surface area contributed by atoms with Gasteiger partial charge in [0.25, 0.3) is 0 Å². The fraction of sp³-hybridized carbons (Fsp3) is 0.471. The predicted molar refractivity (Wildman–Crippen MR) is 92.7 cm³/mol. The molecule has 0 radical (unpaired) electrons. The summed E-state index contributed by atoms with van der Waals surface area (Å²) in [5.41, 5.74) is 0. The molecule has 0 saturated carbocycles. The maximum atomic E-state index is 12.5. The Labute approximate surface area is 146 Å². The van der Waals surface area contributed by atoms with Crippen LogP contribution < -0.4 is 0 Å². The summed E-state index contributed by atoms with van der Waals surface area (Å²) in [4.78, 5) is 30.9. The van der Waals surface area contributed by atoms with E-state index in [0.29, 0.717) is 26.1 Å². The number of hydrogen-bond donors (Lipinski definition) is 0. The van der Waals surface area contributed by atoms with Crippen LogP contribution in [-0.2, 0) is 27.3 Å². The number of imidazole rings is 1. The Balaban J connectivity index is 1.86. The third-order valence-corrected chi connectivity index (χ3v) is 4.43. The number of amides is 1. The molecule has 0 aliphatic carbocycles. The van der Waals surface area contributed by atoms with E-state index < -0.39 is 0 Å². The molecule has 1 amide bonds. The van der Waals surface area contributed by atoms with Gasteiger partial charge in [-0.3, -0.25) is 9.59 Å². The minimum absolute atomic E-state index is 0.0485. The summed E-state index contributed by atoms with van der Waals surface area (Å²) >= 11 is 1.57. The molecule has 2 heterocycles. The Kier molecular flexibility index (Phi) is 7.48. The smallest absolute Gasteiger partial charge is 0.307 e. The lowest BCUT2D eigenvalue weighted by Gasteiger charge is -2.22. The predicted octanol–water partition coefficient (Wildman–Crippen LogP) is 2.36. The summed E-state index contributed by atoms with van der Waals surface area (Å²) in [6.07, 6.45) is 6.82. The number of carbonyl (C=O) groups excluding carboxylic acids is 2. The SMILES string of the molecule is CCOC(=O)CCN(CCCn1ccnc1)C(=O)Cc1cccs1. The van der Waals surface area contributed by atoms with Crippen molar-refractivity contribution in [1.82, 2.24) is 14.5 Å². The van der Waals surface area contributed by atoms with Gasteiger partial charge in [0.1, 0.15) is 0 Å². The molecular formula is C17H23N3O3S. The van der Waals surface area contributed by atoms with Crippen LogP contribution in [-0.4, -0.2) is 46.0 Å². The topological polar surface area (TPSA) is 64.4 Å². The third kappa shape index (κ3) is 6.16. The molecule has 0 aliphatic rings. The second-order valence-corrected chi connectivity index (χ2v) is 6.38. The van der Waals surface area contributed by atoms with Crippen LogP contribution in [0.3, 0.4) is 0 Å². The van der Waals surface area contributed by atoms with E-state index in [0.717, 1.165) is 17.8 Å². The molecule has 0 aliphatic heterocycles. The Morgan fingerprint density at radius 2 is 2.25 bits per heavy atom.